The van der Waals surface area contributed by atoms with Crippen LogP contribution in [0.25, 0.3) is 31.8 Å². The van der Waals surface area contributed by atoms with Crippen LogP contribution in [0.3, 0.4) is 0 Å². The molecular formula is C29H27NO5S. The number of fused-ring (bicyclic) bond motifs is 2. The number of hydrogen-bond donors (Lipinski definition) is 0. The highest BCUT2D eigenvalue weighted by atomic mass is 32.1. The standard InChI is InChI=1S/C29H27NO5S/c1-32-26-18-21(29-30-23-8-4-5-9-27(23)36-29)11-14-24(26)34-17-7-3-2-6-16-33-22-13-10-20-12-15-28(31)35-25(20)19-22/h4-5,8-15,18-19H,2-3,6-7,16-17H2,1H3. The van der Waals surface area contributed by atoms with Crippen molar-refractivity contribution in [2.24, 2.45) is 0 Å². The van der Waals surface area contributed by atoms with Gasteiger partial charge in [-0.25, -0.2) is 9.78 Å². The smallest absolute Gasteiger partial charge is 0.336 e. The number of aromatic nitrogens is 1. The van der Waals surface area contributed by atoms with Crippen molar-refractivity contribution in [3.8, 4) is 27.8 Å². The van der Waals surface area contributed by atoms with Crippen molar-refractivity contribution in [1.82, 2.24) is 4.98 Å². The van der Waals surface area contributed by atoms with Gasteiger partial charge < -0.3 is 18.6 Å². The van der Waals surface area contributed by atoms with E-state index < -0.39 is 0 Å². The summed E-state index contributed by atoms with van der Waals surface area (Å²) in [7, 11) is 1.66. The Balaban J connectivity index is 1.05. The molecule has 0 bridgehead atoms. The molecule has 5 aromatic rings. The summed E-state index contributed by atoms with van der Waals surface area (Å²) in [5.41, 5.74) is 2.21. The summed E-state index contributed by atoms with van der Waals surface area (Å²) in [6.45, 7) is 1.24. The SMILES string of the molecule is COc1cc(-c2nc3ccccc3s2)ccc1OCCCCCCOc1ccc2ccc(=O)oc2c1. The van der Waals surface area contributed by atoms with Crippen molar-refractivity contribution in [3.63, 3.8) is 0 Å². The molecule has 0 N–H and O–H groups in total. The number of unbranched alkanes of at least 4 members (excludes halogenated alkanes) is 3. The molecule has 0 radical (unpaired) electrons. The second-order valence-electron chi connectivity index (χ2n) is 8.42. The average Bonchev–Trinajstić information content (AvgIpc) is 3.34. The van der Waals surface area contributed by atoms with E-state index in [9.17, 15) is 4.79 Å². The molecule has 3 aromatic carbocycles. The van der Waals surface area contributed by atoms with Crippen LogP contribution < -0.4 is 19.8 Å². The van der Waals surface area contributed by atoms with Crippen LogP contribution in [0.1, 0.15) is 25.7 Å². The van der Waals surface area contributed by atoms with Gasteiger partial charge in [-0.3, -0.25) is 0 Å². The Bertz CT molecular complexity index is 1490. The zero-order chi connectivity index (χ0) is 24.7. The summed E-state index contributed by atoms with van der Waals surface area (Å²) in [4.78, 5) is 16.1. The van der Waals surface area contributed by atoms with Gasteiger partial charge in [-0.05, 0) is 74.2 Å². The highest BCUT2D eigenvalue weighted by molar-refractivity contribution is 7.21. The third kappa shape index (κ3) is 5.69. The first-order valence-electron chi connectivity index (χ1n) is 12.0. The van der Waals surface area contributed by atoms with Gasteiger partial charge in [0.25, 0.3) is 0 Å². The highest BCUT2D eigenvalue weighted by Crippen LogP contribution is 2.36. The molecule has 0 fully saturated rings. The van der Waals surface area contributed by atoms with Crippen molar-refractivity contribution in [3.05, 3.63) is 83.2 Å². The Hall–Kier alpha value is -3.84. The van der Waals surface area contributed by atoms with Crippen molar-refractivity contribution < 1.29 is 18.6 Å². The first-order valence-corrected chi connectivity index (χ1v) is 12.8. The van der Waals surface area contributed by atoms with Gasteiger partial charge in [0.15, 0.2) is 11.5 Å². The minimum absolute atomic E-state index is 0.358. The van der Waals surface area contributed by atoms with Gasteiger partial charge >= 0.3 is 5.63 Å². The minimum atomic E-state index is -0.358. The molecular weight excluding hydrogens is 474 g/mol. The van der Waals surface area contributed by atoms with E-state index in [1.165, 1.54) is 10.8 Å². The van der Waals surface area contributed by atoms with Crippen LogP contribution in [0.5, 0.6) is 17.2 Å². The molecule has 0 aliphatic carbocycles. The maximum Gasteiger partial charge on any atom is 0.336 e. The van der Waals surface area contributed by atoms with Crippen molar-refractivity contribution >= 4 is 32.5 Å². The first-order chi connectivity index (χ1) is 17.7. The summed E-state index contributed by atoms with van der Waals surface area (Å²) in [6.07, 6.45) is 3.97. The van der Waals surface area contributed by atoms with Crippen LogP contribution in [0.2, 0.25) is 0 Å². The van der Waals surface area contributed by atoms with Crippen molar-refractivity contribution in [2.45, 2.75) is 25.7 Å². The predicted molar refractivity (Wildman–Crippen MR) is 144 cm³/mol. The van der Waals surface area contributed by atoms with Crippen LogP contribution in [0.15, 0.2) is 82.0 Å². The van der Waals surface area contributed by atoms with E-state index in [4.69, 9.17) is 23.6 Å². The molecule has 0 aliphatic rings. The van der Waals surface area contributed by atoms with E-state index in [0.717, 1.165) is 52.9 Å². The normalized spacial score (nSPS) is 11.1. The van der Waals surface area contributed by atoms with E-state index in [0.29, 0.717) is 30.3 Å². The number of nitrogens with zero attached hydrogens (tertiary/aromatic N) is 1. The van der Waals surface area contributed by atoms with Crippen molar-refractivity contribution in [2.75, 3.05) is 20.3 Å². The fraction of sp³-hybridized carbons (Fsp3) is 0.241. The topological polar surface area (TPSA) is 70.8 Å². The molecule has 5 rings (SSSR count). The summed E-state index contributed by atoms with van der Waals surface area (Å²) in [6, 6.07) is 22.8. The van der Waals surface area contributed by atoms with Crippen LogP contribution in [-0.2, 0) is 0 Å². The maximum absolute atomic E-state index is 11.4. The minimum Gasteiger partial charge on any atom is -0.493 e. The van der Waals surface area contributed by atoms with Gasteiger partial charge in [-0.1, -0.05) is 12.1 Å². The third-order valence-corrected chi connectivity index (χ3v) is 6.95. The predicted octanol–water partition coefficient (Wildman–Crippen LogP) is 7.10. The number of ether oxygens (including phenoxy) is 3. The average molecular weight is 502 g/mol. The lowest BCUT2D eigenvalue weighted by atomic mass is 10.2. The van der Waals surface area contributed by atoms with E-state index in [2.05, 4.69) is 6.07 Å². The molecule has 184 valence electrons. The van der Waals surface area contributed by atoms with E-state index in [-0.39, 0.29) is 5.63 Å². The molecule has 0 saturated carbocycles. The van der Waals surface area contributed by atoms with Crippen LogP contribution in [0.4, 0.5) is 0 Å². The van der Waals surface area contributed by atoms with Gasteiger partial charge in [-0.15, -0.1) is 11.3 Å². The molecule has 0 amide bonds. The molecule has 7 heteroatoms. The Kier molecular flexibility index (Phi) is 7.47. The summed E-state index contributed by atoms with van der Waals surface area (Å²) < 4.78 is 23.8. The van der Waals surface area contributed by atoms with Gasteiger partial charge in [-0.2, -0.15) is 0 Å². The molecule has 0 aliphatic heterocycles. The summed E-state index contributed by atoms with van der Waals surface area (Å²) in [5.74, 6) is 2.17. The molecule has 2 aromatic heterocycles. The lowest BCUT2D eigenvalue weighted by Gasteiger charge is -2.12. The number of rotatable bonds is 11. The molecule has 6 nitrogen and oxygen atoms in total. The molecule has 0 spiro atoms. The van der Waals surface area contributed by atoms with Gasteiger partial charge in [0.2, 0.25) is 0 Å². The Labute approximate surface area is 213 Å². The van der Waals surface area contributed by atoms with E-state index >= 15 is 0 Å². The molecule has 0 unspecified atom stereocenters. The highest BCUT2D eigenvalue weighted by Gasteiger charge is 2.11. The first kappa shape index (κ1) is 23.9. The number of methoxy groups -OCH3 is 1. The molecule has 0 saturated heterocycles. The van der Waals surface area contributed by atoms with E-state index in [1.807, 2.05) is 48.5 Å². The number of benzene rings is 3. The lowest BCUT2D eigenvalue weighted by molar-refractivity contribution is 0.277. The molecule has 36 heavy (non-hydrogen) atoms. The van der Waals surface area contributed by atoms with Crippen LogP contribution in [-0.4, -0.2) is 25.3 Å². The zero-order valence-corrected chi connectivity index (χ0v) is 20.9. The fourth-order valence-electron chi connectivity index (χ4n) is 3.98. The van der Waals surface area contributed by atoms with Gasteiger partial charge in [0.1, 0.15) is 16.3 Å². The fourth-order valence-corrected chi connectivity index (χ4v) is 4.94. The monoisotopic (exact) mass is 501 g/mol. The quantitative estimate of drug-likeness (QED) is 0.142. The maximum atomic E-state index is 11.4. The molecule has 0 atom stereocenters. The van der Waals surface area contributed by atoms with Gasteiger partial charge in [0.05, 0.1) is 30.5 Å². The van der Waals surface area contributed by atoms with E-state index in [1.54, 1.807) is 30.6 Å². The van der Waals surface area contributed by atoms with Gasteiger partial charge in [0, 0.05) is 23.1 Å². The second-order valence-corrected chi connectivity index (χ2v) is 9.45. The lowest BCUT2D eigenvalue weighted by Crippen LogP contribution is -2.01. The third-order valence-electron chi connectivity index (χ3n) is 5.86. The Morgan fingerprint density at radius 1 is 0.833 bits per heavy atom. The second kappa shape index (κ2) is 11.3. The number of thiazole rings is 1. The zero-order valence-electron chi connectivity index (χ0n) is 20.1. The largest absolute Gasteiger partial charge is 0.493 e. The Morgan fingerprint density at radius 3 is 2.47 bits per heavy atom. The molecule has 2 heterocycles. The number of hydrogen-bond acceptors (Lipinski definition) is 7. The van der Waals surface area contributed by atoms with Crippen LogP contribution in [0, 0.1) is 0 Å². The Morgan fingerprint density at radius 2 is 1.64 bits per heavy atom. The summed E-state index contributed by atoms with van der Waals surface area (Å²) >= 11 is 1.67. The number of para-hydroxylation sites is 1. The summed E-state index contributed by atoms with van der Waals surface area (Å²) in [5, 5.41) is 1.85. The van der Waals surface area contributed by atoms with Crippen molar-refractivity contribution in [1.29, 1.82) is 0 Å². The van der Waals surface area contributed by atoms with Crippen LogP contribution >= 0.6 is 11.3 Å².